The lowest BCUT2D eigenvalue weighted by atomic mass is 9.93. The Morgan fingerprint density at radius 2 is 2.03 bits per heavy atom. The van der Waals surface area contributed by atoms with E-state index in [2.05, 4.69) is 14.7 Å². The van der Waals surface area contributed by atoms with Crippen molar-refractivity contribution in [1.29, 1.82) is 0 Å². The predicted molar refractivity (Wildman–Crippen MR) is 111 cm³/mol. The van der Waals surface area contributed by atoms with Gasteiger partial charge in [0, 0.05) is 30.9 Å². The van der Waals surface area contributed by atoms with Crippen molar-refractivity contribution in [3.8, 4) is 5.75 Å². The number of ether oxygens (including phenoxy) is 2. The smallest absolute Gasteiger partial charge is 0.356 e. The molecule has 158 valence electrons. The summed E-state index contributed by atoms with van der Waals surface area (Å²) in [6.45, 7) is 0.335. The van der Waals surface area contributed by atoms with Gasteiger partial charge in [-0.25, -0.2) is 19.2 Å². The maximum absolute atomic E-state index is 14.2. The van der Waals surface area contributed by atoms with Gasteiger partial charge in [-0.05, 0) is 53.4 Å². The van der Waals surface area contributed by atoms with Gasteiger partial charge in [-0.3, -0.25) is 9.69 Å². The first-order chi connectivity index (χ1) is 15.0. The molecule has 0 radical (unpaired) electrons. The molecular formula is C23H20FN3O4. The zero-order valence-electron chi connectivity index (χ0n) is 17.1. The third kappa shape index (κ3) is 3.96. The molecule has 0 fully saturated rings. The van der Waals surface area contributed by atoms with E-state index in [4.69, 9.17) is 4.74 Å². The van der Waals surface area contributed by atoms with Crippen LogP contribution in [0.3, 0.4) is 0 Å². The van der Waals surface area contributed by atoms with Gasteiger partial charge >= 0.3 is 5.97 Å². The Morgan fingerprint density at radius 1 is 1.19 bits per heavy atom. The highest BCUT2D eigenvalue weighted by Crippen LogP contribution is 2.31. The second kappa shape index (κ2) is 8.51. The molecule has 0 saturated carbocycles. The Labute approximate surface area is 178 Å². The molecule has 0 N–H and O–H groups in total. The lowest BCUT2D eigenvalue weighted by Crippen LogP contribution is -2.38. The van der Waals surface area contributed by atoms with E-state index in [0.29, 0.717) is 30.7 Å². The van der Waals surface area contributed by atoms with Crippen LogP contribution in [-0.2, 0) is 17.6 Å². The molecule has 3 aromatic rings. The molecule has 1 aromatic carbocycles. The molecule has 0 spiro atoms. The second-order valence-corrected chi connectivity index (χ2v) is 7.06. The average molecular weight is 421 g/mol. The van der Waals surface area contributed by atoms with Crippen LogP contribution in [0.4, 0.5) is 10.2 Å². The molecule has 1 amide bonds. The fourth-order valence-corrected chi connectivity index (χ4v) is 3.63. The first-order valence-corrected chi connectivity index (χ1v) is 9.67. The Bertz CT molecular complexity index is 1150. The maximum atomic E-state index is 14.2. The third-order valence-electron chi connectivity index (χ3n) is 5.20. The van der Waals surface area contributed by atoms with Crippen LogP contribution >= 0.6 is 0 Å². The Morgan fingerprint density at radius 3 is 2.71 bits per heavy atom. The number of methoxy groups -OCH3 is 2. The van der Waals surface area contributed by atoms with Crippen molar-refractivity contribution in [1.82, 2.24) is 9.97 Å². The van der Waals surface area contributed by atoms with Crippen molar-refractivity contribution in [3.63, 3.8) is 0 Å². The number of aromatic nitrogens is 2. The molecule has 0 saturated heterocycles. The first kappa shape index (κ1) is 20.5. The van der Waals surface area contributed by atoms with E-state index in [1.54, 1.807) is 31.5 Å². The van der Waals surface area contributed by atoms with Crippen molar-refractivity contribution in [2.75, 3.05) is 25.7 Å². The summed E-state index contributed by atoms with van der Waals surface area (Å²) >= 11 is 0. The molecule has 31 heavy (non-hydrogen) atoms. The van der Waals surface area contributed by atoms with E-state index < -0.39 is 11.8 Å². The van der Waals surface area contributed by atoms with Crippen molar-refractivity contribution in [2.45, 2.75) is 12.8 Å². The Hall–Kier alpha value is -3.81. The summed E-state index contributed by atoms with van der Waals surface area (Å²) in [4.78, 5) is 34.2. The number of fused-ring (bicyclic) bond motifs is 1. The van der Waals surface area contributed by atoms with Crippen molar-refractivity contribution < 1.29 is 23.5 Å². The van der Waals surface area contributed by atoms with Crippen LogP contribution in [0.1, 0.15) is 37.5 Å². The van der Waals surface area contributed by atoms with Crippen LogP contribution in [0, 0.1) is 5.82 Å². The molecular weight excluding hydrogens is 401 g/mol. The average Bonchev–Trinajstić information content (AvgIpc) is 2.80. The van der Waals surface area contributed by atoms with E-state index in [-0.39, 0.29) is 17.4 Å². The number of amides is 1. The fourth-order valence-electron chi connectivity index (χ4n) is 3.63. The van der Waals surface area contributed by atoms with Gasteiger partial charge in [0.05, 0.1) is 14.2 Å². The number of nitrogens with zero attached hydrogens (tertiary/aromatic N) is 3. The zero-order chi connectivity index (χ0) is 22.0. The first-order valence-electron chi connectivity index (χ1n) is 9.67. The summed E-state index contributed by atoms with van der Waals surface area (Å²) in [5.41, 5.74) is 3.17. The molecule has 0 bridgehead atoms. The van der Waals surface area contributed by atoms with Crippen molar-refractivity contribution in [2.24, 2.45) is 0 Å². The van der Waals surface area contributed by atoms with Crippen LogP contribution < -0.4 is 9.64 Å². The lowest BCUT2D eigenvalue weighted by molar-refractivity contribution is 0.0594. The highest BCUT2D eigenvalue weighted by Gasteiger charge is 2.29. The molecule has 2 aromatic heterocycles. The van der Waals surface area contributed by atoms with Gasteiger partial charge in [0.2, 0.25) is 0 Å². The van der Waals surface area contributed by atoms with Gasteiger partial charge in [0.1, 0.15) is 11.4 Å². The van der Waals surface area contributed by atoms with Gasteiger partial charge in [-0.15, -0.1) is 0 Å². The number of hydrogen-bond donors (Lipinski definition) is 0. The fraction of sp³-hybridized carbons (Fsp3) is 0.217. The monoisotopic (exact) mass is 421 g/mol. The highest BCUT2D eigenvalue weighted by molar-refractivity contribution is 6.08. The van der Waals surface area contributed by atoms with Gasteiger partial charge in [0.25, 0.3) is 5.91 Å². The summed E-state index contributed by atoms with van der Waals surface area (Å²) < 4.78 is 24.4. The minimum absolute atomic E-state index is 0.0260. The molecule has 0 aliphatic carbocycles. The summed E-state index contributed by atoms with van der Waals surface area (Å²) in [5.74, 6) is -0.670. The number of esters is 1. The van der Waals surface area contributed by atoms with Crippen LogP contribution in [0.25, 0.3) is 0 Å². The van der Waals surface area contributed by atoms with Crippen LogP contribution in [-0.4, -0.2) is 42.6 Å². The van der Waals surface area contributed by atoms with E-state index in [1.165, 1.54) is 30.3 Å². The van der Waals surface area contributed by atoms with Crippen molar-refractivity contribution >= 4 is 17.7 Å². The van der Waals surface area contributed by atoms with Crippen molar-refractivity contribution in [3.05, 3.63) is 82.6 Å². The number of carbonyl (C=O) groups is 2. The Kier molecular flexibility index (Phi) is 5.62. The second-order valence-electron chi connectivity index (χ2n) is 7.06. The summed E-state index contributed by atoms with van der Waals surface area (Å²) in [6.07, 6.45) is 4.05. The number of anilines is 1. The van der Waals surface area contributed by atoms with E-state index in [1.807, 2.05) is 6.07 Å². The minimum atomic E-state index is -0.537. The number of hydrogen-bond acceptors (Lipinski definition) is 6. The standard InChI is InChI=1S/C23H20FN3O4/c1-30-20-12-15-7-9-27(21-18(24)4-3-8-25-21)22(28)17(15)11-16(20)10-14-5-6-19(26-13-14)23(29)31-2/h3-6,8,11-13H,7,9-10H2,1-2H3. The summed E-state index contributed by atoms with van der Waals surface area (Å²) in [5, 5.41) is 0. The zero-order valence-corrected chi connectivity index (χ0v) is 17.1. The largest absolute Gasteiger partial charge is 0.496 e. The summed E-state index contributed by atoms with van der Waals surface area (Å²) in [7, 11) is 2.87. The van der Waals surface area contributed by atoms with Gasteiger partial charge in [-0.2, -0.15) is 0 Å². The molecule has 8 heteroatoms. The quantitative estimate of drug-likeness (QED) is 0.589. The molecule has 4 rings (SSSR count). The highest BCUT2D eigenvalue weighted by atomic mass is 19.1. The number of carbonyl (C=O) groups excluding carboxylic acids is 2. The molecule has 3 heterocycles. The molecule has 7 nitrogen and oxygen atoms in total. The third-order valence-corrected chi connectivity index (χ3v) is 5.20. The normalized spacial score (nSPS) is 13.0. The lowest BCUT2D eigenvalue weighted by Gasteiger charge is -2.29. The van der Waals surface area contributed by atoms with Gasteiger partial charge < -0.3 is 9.47 Å². The predicted octanol–water partition coefficient (Wildman–Crippen LogP) is 3.20. The number of halogens is 1. The molecule has 0 atom stereocenters. The van der Waals surface area contributed by atoms with Crippen LogP contribution in [0.2, 0.25) is 0 Å². The molecule has 1 aliphatic heterocycles. The van der Waals surface area contributed by atoms with E-state index in [0.717, 1.165) is 16.7 Å². The number of rotatable bonds is 5. The van der Waals surface area contributed by atoms with Crippen LogP contribution in [0.5, 0.6) is 5.75 Å². The number of pyridine rings is 2. The minimum Gasteiger partial charge on any atom is -0.496 e. The van der Waals surface area contributed by atoms with E-state index >= 15 is 0 Å². The SMILES string of the molecule is COC(=O)c1ccc(Cc2cc3c(cc2OC)CCN(c2ncccc2F)C3=O)cn1. The maximum Gasteiger partial charge on any atom is 0.356 e. The molecule has 1 aliphatic rings. The number of benzene rings is 1. The van der Waals surface area contributed by atoms with Crippen LogP contribution in [0.15, 0.2) is 48.8 Å². The van der Waals surface area contributed by atoms with E-state index in [9.17, 15) is 14.0 Å². The summed E-state index contributed by atoms with van der Waals surface area (Å²) in [6, 6.07) is 9.76. The van der Waals surface area contributed by atoms with Gasteiger partial charge in [0.15, 0.2) is 11.6 Å². The Balaban J connectivity index is 1.66. The topological polar surface area (TPSA) is 81.6 Å². The van der Waals surface area contributed by atoms with Gasteiger partial charge in [-0.1, -0.05) is 6.07 Å². The molecule has 0 unspecified atom stereocenters.